The number of hydrogen-bond donors (Lipinski definition) is 2. The van der Waals surface area contributed by atoms with Crippen molar-refractivity contribution in [2.45, 2.75) is 57.2 Å². The van der Waals surface area contributed by atoms with Crippen LogP contribution in [-0.4, -0.2) is 96.6 Å². The summed E-state index contributed by atoms with van der Waals surface area (Å²) in [5.41, 5.74) is 0.722. The molecule has 1 saturated carbocycles. The third kappa shape index (κ3) is 6.65. The number of methoxy groups -OCH3 is 1. The van der Waals surface area contributed by atoms with Crippen LogP contribution in [0.15, 0.2) is 24.3 Å². The Bertz CT molecular complexity index is 898. The number of carbonyl (C=O) groups excluding carboxylic acids is 2. The number of aliphatic hydroxyl groups excluding tert-OH is 1. The van der Waals surface area contributed by atoms with Crippen molar-refractivity contribution in [3.8, 4) is 0 Å². The van der Waals surface area contributed by atoms with E-state index in [9.17, 15) is 14.7 Å². The van der Waals surface area contributed by atoms with Crippen molar-refractivity contribution in [1.82, 2.24) is 14.9 Å². The Balaban J connectivity index is 1.31. The van der Waals surface area contributed by atoms with Crippen LogP contribution in [0.5, 0.6) is 0 Å². The molecular weight excluding hydrogens is 472 g/mol. The van der Waals surface area contributed by atoms with Gasteiger partial charge in [0, 0.05) is 50.4 Å². The third-order valence-corrected chi connectivity index (χ3v) is 7.86. The number of hydrogen-bond acceptors (Lipinski definition) is 7. The van der Waals surface area contributed by atoms with Crippen LogP contribution in [0.2, 0.25) is 5.02 Å². The van der Waals surface area contributed by atoms with Gasteiger partial charge in [0.05, 0.1) is 24.8 Å². The zero-order chi connectivity index (χ0) is 25.0. The molecule has 2 N–H and O–H groups in total. The molecule has 2 heterocycles. The van der Waals surface area contributed by atoms with Gasteiger partial charge in [-0.15, -0.1) is 5.06 Å². The Morgan fingerprint density at radius 2 is 2.09 bits per heavy atom. The number of hydroxylamine groups is 2. The van der Waals surface area contributed by atoms with E-state index in [-0.39, 0.29) is 35.9 Å². The minimum Gasteiger partial charge on any atom is -0.391 e. The highest BCUT2D eigenvalue weighted by atomic mass is 35.5. The number of nitrogens with zero attached hydrogens (tertiary/aromatic N) is 3. The molecule has 1 aromatic rings. The molecule has 0 bridgehead atoms. The Kier molecular flexibility index (Phi) is 8.54. The van der Waals surface area contributed by atoms with E-state index in [1.165, 1.54) is 0 Å². The average Bonchev–Trinajstić information content (AvgIpc) is 3.61. The highest BCUT2D eigenvalue weighted by Gasteiger charge is 2.51. The van der Waals surface area contributed by atoms with Crippen molar-refractivity contribution >= 4 is 29.3 Å². The molecule has 0 unspecified atom stereocenters. The van der Waals surface area contributed by atoms with Gasteiger partial charge in [-0.1, -0.05) is 17.7 Å². The quantitative estimate of drug-likeness (QED) is 0.557. The molecule has 194 valence electrons. The first-order chi connectivity index (χ1) is 16.8. The Labute approximate surface area is 212 Å². The summed E-state index contributed by atoms with van der Waals surface area (Å²) < 4.78 is 5.47. The molecule has 0 aromatic heterocycles. The second-order valence-corrected chi connectivity index (χ2v) is 10.6. The molecule has 1 aliphatic carbocycles. The molecule has 3 atom stereocenters. The van der Waals surface area contributed by atoms with E-state index in [1.54, 1.807) is 36.4 Å². The van der Waals surface area contributed by atoms with E-state index in [1.807, 2.05) is 11.8 Å². The third-order valence-electron chi connectivity index (χ3n) is 7.62. The number of piperidine rings is 1. The van der Waals surface area contributed by atoms with Crippen molar-refractivity contribution in [3.63, 3.8) is 0 Å². The van der Waals surface area contributed by atoms with E-state index in [4.69, 9.17) is 21.2 Å². The lowest BCUT2D eigenvalue weighted by molar-refractivity contribution is -0.134. The number of likely N-dealkylation sites (tertiary alicyclic amines) is 1. The number of ether oxygens (including phenoxy) is 1. The number of carbonyl (C=O) groups is 2. The maximum Gasteiger partial charge on any atom is 0.430 e. The molecule has 1 aromatic carbocycles. The molecule has 4 rings (SSSR count). The van der Waals surface area contributed by atoms with Crippen molar-refractivity contribution in [1.29, 1.82) is 0 Å². The van der Waals surface area contributed by atoms with Crippen molar-refractivity contribution in [3.05, 3.63) is 29.3 Å². The van der Waals surface area contributed by atoms with Crippen LogP contribution in [0.25, 0.3) is 0 Å². The normalized spacial score (nSPS) is 25.8. The molecule has 9 nitrogen and oxygen atoms in total. The van der Waals surface area contributed by atoms with Crippen molar-refractivity contribution < 1.29 is 24.3 Å². The van der Waals surface area contributed by atoms with E-state index in [2.05, 4.69) is 10.2 Å². The maximum absolute atomic E-state index is 13.1. The summed E-state index contributed by atoms with van der Waals surface area (Å²) in [6.45, 7) is 5.63. The van der Waals surface area contributed by atoms with Gasteiger partial charge in [0.1, 0.15) is 0 Å². The molecule has 3 aliphatic rings. The predicted molar refractivity (Wildman–Crippen MR) is 133 cm³/mol. The summed E-state index contributed by atoms with van der Waals surface area (Å²) in [5.74, 6) is 0.0239. The molecule has 2 aliphatic heterocycles. The Morgan fingerprint density at radius 3 is 2.77 bits per heavy atom. The van der Waals surface area contributed by atoms with E-state index in [0.717, 1.165) is 38.8 Å². The number of benzene rings is 1. The fourth-order valence-electron chi connectivity index (χ4n) is 5.23. The van der Waals surface area contributed by atoms with Crippen molar-refractivity contribution in [2.75, 3.05) is 51.8 Å². The fraction of sp³-hybridized carbons (Fsp3) is 0.680. The van der Waals surface area contributed by atoms with Gasteiger partial charge in [-0.3, -0.25) is 10.1 Å². The summed E-state index contributed by atoms with van der Waals surface area (Å²) >= 11 is 5.98. The van der Waals surface area contributed by atoms with Crippen LogP contribution in [0.4, 0.5) is 10.5 Å². The van der Waals surface area contributed by atoms with Crippen LogP contribution >= 0.6 is 11.6 Å². The molecule has 35 heavy (non-hydrogen) atoms. The second kappa shape index (κ2) is 11.4. The summed E-state index contributed by atoms with van der Waals surface area (Å²) in [7, 11) is 1.65. The fourth-order valence-corrected chi connectivity index (χ4v) is 5.42. The zero-order valence-electron chi connectivity index (χ0n) is 20.6. The average molecular weight is 509 g/mol. The van der Waals surface area contributed by atoms with Gasteiger partial charge in [-0.25, -0.2) is 4.79 Å². The maximum atomic E-state index is 13.1. The summed E-state index contributed by atoms with van der Waals surface area (Å²) in [6.07, 6.45) is 3.48. The first-order valence-electron chi connectivity index (χ1n) is 12.5. The first kappa shape index (κ1) is 26.2. The van der Waals surface area contributed by atoms with Gasteiger partial charge in [0.25, 0.3) is 0 Å². The SMILES string of the molecule is COC[C@H](CCN1CCC2(CC2)[C@H](O)C1)N1C[C@@H](C)N(OC(=O)Nc2cccc(Cl)c2)CCC1=O. The molecule has 2 saturated heterocycles. The summed E-state index contributed by atoms with van der Waals surface area (Å²) in [6, 6.07) is 6.57. The lowest BCUT2D eigenvalue weighted by atomic mass is 9.90. The van der Waals surface area contributed by atoms with Crippen LogP contribution in [-0.2, 0) is 14.4 Å². The first-order valence-corrected chi connectivity index (χ1v) is 12.9. The van der Waals surface area contributed by atoms with E-state index in [0.29, 0.717) is 37.0 Å². The van der Waals surface area contributed by atoms with Gasteiger partial charge in [0.2, 0.25) is 5.91 Å². The highest BCUT2D eigenvalue weighted by Crippen LogP contribution is 2.53. The monoisotopic (exact) mass is 508 g/mol. The molecule has 0 radical (unpaired) electrons. The van der Waals surface area contributed by atoms with Crippen LogP contribution in [0, 0.1) is 5.41 Å². The molecule has 3 fully saturated rings. The lowest BCUT2D eigenvalue weighted by Gasteiger charge is -2.38. The van der Waals surface area contributed by atoms with E-state index >= 15 is 0 Å². The number of halogens is 1. The summed E-state index contributed by atoms with van der Waals surface area (Å²) in [4.78, 5) is 35.2. The van der Waals surface area contributed by atoms with Crippen LogP contribution in [0.3, 0.4) is 0 Å². The Morgan fingerprint density at radius 1 is 1.29 bits per heavy atom. The van der Waals surface area contributed by atoms with Gasteiger partial charge >= 0.3 is 6.09 Å². The number of amides is 2. The second-order valence-electron chi connectivity index (χ2n) is 10.1. The minimum absolute atomic E-state index is 0.0239. The minimum atomic E-state index is -0.620. The standard InChI is InChI=1S/C25H37ClN4O5/c1-18-15-29(21(17-34-2)6-11-28-13-10-25(8-9-25)22(31)16-28)23(32)7-12-30(18)35-24(33)27-20-5-3-4-19(26)14-20/h3-5,14,18,21-22,31H,6-13,15-17H2,1-2H3,(H,27,33)/t18-,21+,22-/m1/s1. The molecule has 2 amide bonds. The van der Waals surface area contributed by atoms with Gasteiger partial charge < -0.3 is 24.5 Å². The summed E-state index contributed by atoms with van der Waals surface area (Å²) in [5, 5.41) is 15.3. The number of rotatable bonds is 8. The number of nitrogens with one attached hydrogen (secondary N) is 1. The Hall–Kier alpha value is -1.91. The molecule has 10 heteroatoms. The smallest absolute Gasteiger partial charge is 0.391 e. The largest absolute Gasteiger partial charge is 0.430 e. The number of aliphatic hydroxyl groups is 1. The van der Waals surface area contributed by atoms with Crippen LogP contribution in [0.1, 0.15) is 39.0 Å². The van der Waals surface area contributed by atoms with Crippen LogP contribution < -0.4 is 5.32 Å². The molecular formula is C25H37ClN4O5. The topological polar surface area (TPSA) is 94.6 Å². The van der Waals surface area contributed by atoms with E-state index < -0.39 is 6.09 Å². The van der Waals surface area contributed by atoms with Gasteiger partial charge in [-0.05, 0) is 62.8 Å². The van der Waals surface area contributed by atoms with Crippen molar-refractivity contribution in [2.24, 2.45) is 5.41 Å². The van der Waals surface area contributed by atoms with Gasteiger partial charge in [0.15, 0.2) is 0 Å². The van der Waals surface area contributed by atoms with Gasteiger partial charge in [-0.2, -0.15) is 0 Å². The number of anilines is 1. The lowest BCUT2D eigenvalue weighted by Crippen LogP contribution is -2.50. The molecule has 1 spiro atoms. The highest BCUT2D eigenvalue weighted by molar-refractivity contribution is 6.30. The number of β-amino-alcohol motifs (C(OH)–C–C–N with tert-alkyl or cyclic N) is 1. The zero-order valence-corrected chi connectivity index (χ0v) is 21.4. The predicted octanol–water partition coefficient (Wildman–Crippen LogP) is 2.98.